The molecule has 568 valence electrons. The van der Waals surface area contributed by atoms with Gasteiger partial charge in [-0.05, 0) is 230 Å². The summed E-state index contributed by atoms with van der Waals surface area (Å²) in [6.45, 7) is 24.3. The molecule has 6 fully saturated rings. The second kappa shape index (κ2) is 33.4. The molecule has 0 radical (unpaired) electrons. The lowest BCUT2D eigenvalue weighted by molar-refractivity contribution is -0.141. The first-order chi connectivity index (χ1) is 51.0. The van der Waals surface area contributed by atoms with Gasteiger partial charge in [0.25, 0.3) is 11.8 Å². The molecule has 0 bridgehead atoms. The average molecular weight is 1460 g/mol. The van der Waals surface area contributed by atoms with E-state index in [-0.39, 0.29) is 64.6 Å². The fraction of sp³-hybridized carbons (Fsp3) is 0.471. The number of rotatable bonds is 23. The summed E-state index contributed by atoms with van der Waals surface area (Å²) in [5, 5.41) is 33.4. The number of aromatic carboxylic acids is 1. The van der Waals surface area contributed by atoms with Crippen LogP contribution in [-0.4, -0.2) is 131 Å². The highest BCUT2D eigenvalue weighted by Gasteiger charge is 2.58. The van der Waals surface area contributed by atoms with Gasteiger partial charge in [0.2, 0.25) is 5.91 Å². The molecule has 6 aromatic carbocycles. The minimum absolute atomic E-state index is 0.00622. The summed E-state index contributed by atoms with van der Waals surface area (Å²) in [5.41, 5.74) is 8.94. The van der Waals surface area contributed by atoms with Gasteiger partial charge in [0.1, 0.15) is 33.9 Å². The van der Waals surface area contributed by atoms with Crippen LogP contribution >= 0.6 is 0 Å². The first-order valence-electron chi connectivity index (χ1n) is 37.7. The van der Waals surface area contributed by atoms with Crippen molar-refractivity contribution in [1.82, 2.24) is 35.4 Å². The molecule has 6 atom stereocenters. The van der Waals surface area contributed by atoms with Gasteiger partial charge in [0.05, 0.1) is 35.3 Å². The lowest BCUT2D eigenvalue weighted by Gasteiger charge is -2.43. The number of oxime groups is 1. The number of nitrogens with one attached hydrogen (secondary N) is 1. The molecule has 14 rings (SSSR count). The van der Waals surface area contributed by atoms with Gasteiger partial charge in [0, 0.05) is 59.5 Å². The summed E-state index contributed by atoms with van der Waals surface area (Å²) < 4.78 is 39.5. The van der Waals surface area contributed by atoms with Crippen molar-refractivity contribution in [3.8, 4) is 40.2 Å². The average Bonchev–Trinajstić information content (AvgIpc) is 1.68. The van der Waals surface area contributed by atoms with Crippen molar-refractivity contribution >= 4 is 29.9 Å². The molecule has 6 saturated carbocycles. The topological polar surface area (TPSA) is 290 Å². The number of carbonyl (C=O) groups excluding carboxylic acids is 3. The molecule has 0 aliphatic heterocycles. The maximum Gasteiger partial charge on any atom is 0.417 e. The van der Waals surface area contributed by atoms with Crippen molar-refractivity contribution in [3.63, 3.8) is 0 Å². The van der Waals surface area contributed by atoms with Crippen LogP contribution in [0.3, 0.4) is 0 Å². The Morgan fingerprint density at radius 3 is 1.34 bits per heavy atom. The van der Waals surface area contributed by atoms with E-state index < -0.39 is 34.6 Å². The monoisotopic (exact) mass is 1460 g/mol. The third-order valence-corrected chi connectivity index (χ3v) is 20.4. The summed E-state index contributed by atoms with van der Waals surface area (Å²) >= 11 is 0. The van der Waals surface area contributed by atoms with Gasteiger partial charge in [0.15, 0.2) is 17.5 Å². The number of imide groups is 1. The predicted octanol–water partition coefficient (Wildman–Crippen LogP) is 17.2. The van der Waals surface area contributed by atoms with Crippen molar-refractivity contribution in [1.29, 1.82) is 0 Å². The van der Waals surface area contributed by atoms with Crippen LogP contribution in [0.5, 0.6) is 17.2 Å². The third-order valence-electron chi connectivity index (χ3n) is 20.4. The molecular weight excluding hydrogens is 1350 g/mol. The molecular formula is C85H105N9O13. The van der Waals surface area contributed by atoms with Crippen LogP contribution in [0.25, 0.3) is 22.9 Å². The number of benzene rings is 6. The van der Waals surface area contributed by atoms with E-state index >= 15 is 0 Å². The number of ether oxygens (including phenoxy) is 5. The van der Waals surface area contributed by atoms with Gasteiger partial charge in [-0.25, -0.2) is 19.3 Å². The highest BCUT2D eigenvalue weighted by molar-refractivity contribution is 6.11. The Labute approximate surface area is 628 Å². The van der Waals surface area contributed by atoms with Crippen molar-refractivity contribution in [2.45, 2.75) is 236 Å². The number of hydrogen-bond acceptors (Lipinski definition) is 18. The Kier molecular flexibility index (Phi) is 24.3. The number of carboxylic acid groups (broad SMARTS) is 1. The Bertz CT molecular complexity index is 4270. The fourth-order valence-electron chi connectivity index (χ4n) is 14.1. The standard InChI is InChI=1S/C30H37N3O4.C25H29N3O2.C20H27N3O4.C10H12O3/c1-20(2)35-23-14-12-22(13-15-23)26-31-27(32-37-26)30(16-9-17-30)19-33(28(34)36-29(3,4)5)25-18-24(25)21-10-7-6-8-11-21;1-17(2)29-20-11-9-19(10-12-20)23-27-24(28-30-23)25(13-6-14-25)16-26-22-15-21(22)18-7-4-3-5-8-18;1-19(2,3)27-18(25)23(15-12-14(15)13-8-5-4-6-9-13)17(24)20(10-7-11-20)16(21)22-26;1-7(2)13-9-5-3-8(4-6-9)10(11)12/h6-8,10-15,20,24-25H,9,16-19H2,1-5H3;3-5,7-12,17,21-22,26H,6,13-16H2,1-2H3;4-6,8-9,14-15,26H,7,10-12H2,1-3H3,(H2,21,22);3-7H,1-2H3,(H,11,12)/t24?,25-;21?,22-;14?,15-;/m000./s1. The number of nitrogens with zero attached hydrogens (tertiary/aromatic N) is 7. The number of carboxylic acids is 1. The smallest absolute Gasteiger partial charge is 0.417 e. The Morgan fingerprint density at radius 2 is 0.944 bits per heavy atom. The second-order valence-electron chi connectivity index (χ2n) is 32.1. The van der Waals surface area contributed by atoms with Gasteiger partial charge < -0.3 is 59.0 Å². The number of aromatic nitrogens is 4. The summed E-state index contributed by atoms with van der Waals surface area (Å²) in [6, 6.07) is 53.3. The molecule has 2 heterocycles. The zero-order valence-electron chi connectivity index (χ0n) is 63.8. The number of hydrogen-bond donors (Lipinski definition) is 4. The molecule has 6 aliphatic carbocycles. The SMILES string of the molecule is CC(C)(C)OC(=O)N(C(=O)C1(C(N)=NO)CCC1)[C@H]1CC1c1ccccc1.CC(C)Oc1ccc(-c2nc(C3(CN(C(=O)OC(C)(C)C)[C@H]4CC4c4ccccc4)CCC3)no2)cc1.CC(C)Oc1ccc(-c2nc(C3(CN[C@H]4CC4c4ccccc4)CCC3)no2)cc1.CC(C)Oc1ccc(C(=O)O)cc1. The second-order valence-corrected chi connectivity index (χ2v) is 32.1. The Morgan fingerprint density at radius 1 is 0.542 bits per heavy atom. The van der Waals surface area contributed by atoms with Gasteiger partial charge in [-0.1, -0.05) is 126 Å². The van der Waals surface area contributed by atoms with Gasteiger partial charge >= 0.3 is 18.2 Å². The Hall–Kier alpha value is -10.1. The van der Waals surface area contributed by atoms with Crippen LogP contribution in [0.1, 0.15) is 217 Å². The van der Waals surface area contributed by atoms with Crippen molar-refractivity contribution in [2.24, 2.45) is 16.3 Å². The van der Waals surface area contributed by atoms with Crippen molar-refractivity contribution in [3.05, 3.63) is 198 Å². The number of nitrogens with two attached hydrogens (primary N) is 1. The normalized spacial score (nSPS) is 20.4. The zero-order valence-corrected chi connectivity index (χ0v) is 63.8. The minimum Gasteiger partial charge on any atom is -0.491 e. The lowest BCUT2D eigenvalue weighted by atomic mass is 9.66. The van der Waals surface area contributed by atoms with E-state index in [1.165, 1.54) is 41.0 Å². The quantitative estimate of drug-likeness (QED) is 0.0200. The first kappa shape index (κ1) is 78.0. The van der Waals surface area contributed by atoms with Crippen LogP contribution in [0, 0.1) is 5.41 Å². The number of amides is 3. The molecule has 3 amide bonds. The van der Waals surface area contributed by atoms with Crippen molar-refractivity contribution < 1.29 is 62.2 Å². The van der Waals surface area contributed by atoms with Crippen LogP contribution < -0.4 is 25.3 Å². The molecule has 3 unspecified atom stereocenters. The molecule has 0 saturated heterocycles. The maximum atomic E-state index is 13.4. The highest BCUT2D eigenvalue weighted by Crippen LogP contribution is 2.52. The molecule has 107 heavy (non-hydrogen) atoms. The minimum atomic E-state index is -1.12. The van der Waals surface area contributed by atoms with Crippen LogP contribution in [-0.2, 0) is 25.1 Å². The molecule has 0 spiro atoms. The summed E-state index contributed by atoms with van der Waals surface area (Å²) in [4.78, 5) is 62.9. The lowest BCUT2D eigenvalue weighted by Crippen LogP contribution is -2.57. The fourth-order valence-corrected chi connectivity index (χ4v) is 14.1. The van der Waals surface area contributed by atoms with E-state index in [4.69, 9.17) is 58.7 Å². The highest BCUT2D eigenvalue weighted by atomic mass is 16.6. The maximum absolute atomic E-state index is 13.4. The number of amidine groups is 1. The van der Waals surface area contributed by atoms with Gasteiger partial charge in [-0.15, -0.1) is 0 Å². The number of carbonyl (C=O) groups is 4. The van der Waals surface area contributed by atoms with E-state index in [9.17, 15) is 19.2 Å². The van der Waals surface area contributed by atoms with Crippen LogP contribution in [0.2, 0.25) is 0 Å². The molecule has 22 nitrogen and oxygen atoms in total. The van der Waals surface area contributed by atoms with Crippen molar-refractivity contribution in [2.75, 3.05) is 13.1 Å². The zero-order chi connectivity index (χ0) is 76.4. The van der Waals surface area contributed by atoms with E-state index in [2.05, 4.69) is 75.4 Å². The summed E-state index contributed by atoms with van der Waals surface area (Å²) in [6.07, 6.45) is 10.3. The third kappa shape index (κ3) is 19.8. The first-order valence-corrected chi connectivity index (χ1v) is 37.7. The molecule has 22 heteroatoms. The summed E-state index contributed by atoms with van der Waals surface area (Å²) in [5.74, 6) is 4.47. The van der Waals surface area contributed by atoms with Gasteiger partial charge in [-0.3, -0.25) is 4.79 Å². The van der Waals surface area contributed by atoms with E-state index in [1.54, 1.807) is 32.9 Å². The molecule has 5 N–H and O–H groups in total. The van der Waals surface area contributed by atoms with E-state index in [0.29, 0.717) is 67.0 Å². The van der Waals surface area contributed by atoms with Gasteiger partial charge in [-0.2, -0.15) is 9.97 Å². The van der Waals surface area contributed by atoms with E-state index in [1.807, 2.05) is 152 Å². The van der Waals surface area contributed by atoms with E-state index in [0.717, 1.165) is 85.5 Å². The van der Waals surface area contributed by atoms with Crippen LogP contribution in [0.4, 0.5) is 9.59 Å². The molecule has 6 aliphatic rings. The van der Waals surface area contributed by atoms with Crippen LogP contribution in [0.15, 0.2) is 178 Å². The molecule has 2 aromatic heterocycles. The largest absolute Gasteiger partial charge is 0.491 e. The Balaban J connectivity index is 0.000000149. The molecule has 8 aromatic rings. The summed E-state index contributed by atoms with van der Waals surface area (Å²) in [7, 11) is 0. The predicted molar refractivity (Wildman–Crippen MR) is 408 cm³/mol.